The molecule has 2 heterocycles. The van der Waals surface area contributed by atoms with Gasteiger partial charge in [0, 0.05) is 25.2 Å². The highest BCUT2D eigenvalue weighted by atomic mass is 16.1. The number of aryl methyl sites for hydroxylation is 2. The highest BCUT2D eigenvalue weighted by Crippen LogP contribution is 2.14. The molecule has 2 aromatic heterocycles. The molecule has 6 nitrogen and oxygen atoms in total. The molecular weight excluding hydrogens is 230 g/mol. The zero-order valence-electron chi connectivity index (χ0n) is 10.8. The molecule has 0 aliphatic rings. The normalized spacial score (nSPS) is 10.6. The summed E-state index contributed by atoms with van der Waals surface area (Å²) in [4.78, 5) is 11.7. The summed E-state index contributed by atoms with van der Waals surface area (Å²) in [6.45, 7) is 3.98. The lowest BCUT2D eigenvalue weighted by Crippen LogP contribution is -2.13. The molecule has 18 heavy (non-hydrogen) atoms. The van der Waals surface area contributed by atoms with Crippen molar-refractivity contribution in [3.05, 3.63) is 29.2 Å². The molecule has 0 atom stereocenters. The van der Waals surface area contributed by atoms with Crippen LogP contribution in [0, 0.1) is 13.8 Å². The highest BCUT2D eigenvalue weighted by molar-refractivity contribution is 5.89. The van der Waals surface area contributed by atoms with Gasteiger partial charge in [0.1, 0.15) is 5.82 Å². The molecule has 2 rings (SSSR count). The number of hydrogen-bond acceptors (Lipinski definition) is 3. The van der Waals surface area contributed by atoms with Gasteiger partial charge in [-0.3, -0.25) is 14.6 Å². The minimum Gasteiger partial charge on any atom is -0.311 e. The standard InChI is InChI=1S/C12H17N5O/c1-8-10(9(2)17(3)16-8)4-5-12(18)14-11-6-7-13-15-11/h6-7H,4-5H2,1-3H3,(H2,13,14,15,18). The molecule has 0 aliphatic carbocycles. The molecule has 0 saturated heterocycles. The molecular formula is C12H17N5O. The highest BCUT2D eigenvalue weighted by Gasteiger charge is 2.11. The summed E-state index contributed by atoms with van der Waals surface area (Å²) < 4.78 is 1.84. The van der Waals surface area contributed by atoms with E-state index in [1.165, 1.54) is 0 Å². The van der Waals surface area contributed by atoms with Gasteiger partial charge in [-0.1, -0.05) is 0 Å². The van der Waals surface area contributed by atoms with Crippen molar-refractivity contribution < 1.29 is 4.79 Å². The Morgan fingerprint density at radius 2 is 2.28 bits per heavy atom. The van der Waals surface area contributed by atoms with Crippen molar-refractivity contribution in [2.75, 3.05) is 5.32 Å². The first-order chi connectivity index (χ1) is 8.58. The van der Waals surface area contributed by atoms with Gasteiger partial charge in [0.2, 0.25) is 5.91 Å². The smallest absolute Gasteiger partial charge is 0.225 e. The van der Waals surface area contributed by atoms with Gasteiger partial charge in [-0.2, -0.15) is 10.2 Å². The van der Waals surface area contributed by atoms with Gasteiger partial charge in [-0.05, 0) is 25.8 Å². The van der Waals surface area contributed by atoms with Crippen LogP contribution in [-0.2, 0) is 18.3 Å². The van der Waals surface area contributed by atoms with Crippen LogP contribution in [0.1, 0.15) is 23.4 Å². The van der Waals surface area contributed by atoms with Crippen LogP contribution in [0.15, 0.2) is 12.3 Å². The Labute approximate surface area is 105 Å². The number of carbonyl (C=O) groups excluding carboxylic acids is 1. The fourth-order valence-electron chi connectivity index (χ4n) is 1.96. The van der Waals surface area contributed by atoms with E-state index in [2.05, 4.69) is 20.6 Å². The third-order valence-corrected chi connectivity index (χ3v) is 3.04. The number of rotatable bonds is 4. The molecule has 2 N–H and O–H groups in total. The summed E-state index contributed by atoms with van der Waals surface area (Å²) >= 11 is 0. The predicted molar refractivity (Wildman–Crippen MR) is 68.2 cm³/mol. The van der Waals surface area contributed by atoms with Gasteiger partial charge in [0.15, 0.2) is 0 Å². The van der Waals surface area contributed by atoms with Crippen molar-refractivity contribution in [3.63, 3.8) is 0 Å². The van der Waals surface area contributed by atoms with Gasteiger partial charge in [0.05, 0.1) is 11.9 Å². The molecule has 0 bridgehead atoms. The van der Waals surface area contributed by atoms with Crippen LogP contribution in [0.3, 0.4) is 0 Å². The molecule has 0 unspecified atom stereocenters. The van der Waals surface area contributed by atoms with E-state index in [1.54, 1.807) is 12.3 Å². The zero-order valence-corrected chi connectivity index (χ0v) is 10.8. The van der Waals surface area contributed by atoms with Gasteiger partial charge in [-0.25, -0.2) is 0 Å². The van der Waals surface area contributed by atoms with E-state index in [-0.39, 0.29) is 5.91 Å². The van der Waals surface area contributed by atoms with Crippen molar-refractivity contribution in [2.24, 2.45) is 7.05 Å². The Hall–Kier alpha value is -2.11. The average molecular weight is 247 g/mol. The number of carbonyl (C=O) groups is 1. The first kappa shape index (κ1) is 12.3. The molecule has 2 aromatic rings. The summed E-state index contributed by atoms with van der Waals surface area (Å²) in [7, 11) is 1.91. The average Bonchev–Trinajstić information content (AvgIpc) is 2.88. The third-order valence-electron chi connectivity index (χ3n) is 3.04. The van der Waals surface area contributed by atoms with Crippen LogP contribution in [-0.4, -0.2) is 25.9 Å². The van der Waals surface area contributed by atoms with Crippen molar-refractivity contribution >= 4 is 11.7 Å². The van der Waals surface area contributed by atoms with Crippen LogP contribution < -0.4 is 5.32 Å². The molecule has 0 spiro atoms. The lowest BCUT2D eigenvalue weighted by molar-refractivity contribution is -0.116. The first-order valence-electron chi connectivity index (χ1n) is 5.86. The summed E-state index contributed by atoms with van der Waals surface area (Å²) in [6, 6.07) is 1.72. The molecule has 96 valence electrons. The monoisotopic (exact) mass is 247 g/mol. The third kappa shape index (κ3) is 2.58. The van der Waals surface area contributed by atoms with Crippen molar-refractivity contribution in [2.45, 2.75) is 26.7 Å². The van der Waals surface area contributed by atoms with Gasteiger partial charge < -0.3 is 5.32 Å². The van der Waals surface area contributed by atoms with Crippen LogP contribution >= 0.6 is 0 Å². The molecule has 6 heteroatoms. The lowest BCUT2D eigenvalue weighted by Gasteiger charge is -2.03. The van der Waals surface area contributed by atoms with E-state index in [0.717, 1.165) is 17.0 Å². The molecule has 0 saturated carbocycles. The number of aromatic nitrogens is 4. The van der Waals surface area contributed by atoms with Crippen molar-refractivity contribution in [1.82, 2.24) is 20.0 Å². The zero-order chi connectivity index (χ0) is 13.1. The number of hydrogen-bond donors (Lipinski definition) is 2. The summed E-state index contributed by atoms with van der Waals surface area (Å²) in [5.74, 6) is 0.599. The van der Waals surface area contributed by atoms with Crippen LogP contribution in [0.5, 0.6) is 0 Å². The maximum Gasteiger partial charge on any atom is 0.225 e. The Morgan fingerprint density at radius 3 is 2.83 bits per heavy atom. The fourth-order valence-corrected chi connectivity index (χ4v) is 1.96. The van der Waals surface area contributed by atoms with Crippen LogP contribution in [0.2, 0.25) is 0 Å². The van der Waals surface area contributed by atoms with E-state index in [9.17, 15) is 4.79 Å². The molecule has 0 radical (unpaired) electrons. The molecule has 0 fully saturated rings. The Morgan fingerprint density at radius 1 is 1.50 bits per heavy atom. The first-order valence-corrected chi connectivity index (χ1v) is 5.86. The maximum atomic E-state index is 11.7. The van der Waals surface area contributed by atoms with Crippen LogP contribution in [0.25, 0.3) is 0 Å². The Bertz CT molecular complexity index is 541. The lowest BCUT2D eigenvalue weighted by atomic mass is 10.1. The number of nitrogens with zero attached hydrogens (tertiary/aromatic N) is 3. The largest absolute Gasteiger partial charge is 0.311 e. The molecule has 0 aromatic carbocycles. The quantitative estimate of drug-likeness (QED) is 0.855. The van der Waals surface area contributed by atoms with E-state index in [4.69, 9.17) is 0 Å². The van der Waals surface area contributed by atoms with Crippen molar-refractivity contribution in [3.8, 4) is 0 Å². The van der Waals surface area contributed by atoms with Gasteiger partial charge in [-0.15, -0.1) is 0 Å². The molecule has 0 aliphatic heterocycles. The number of aromatic amines is 1. The Balaban J connectivity index is 1.93. The summed E-state index contributed by atoms with van der Waals surface area (Å²) in [5.41, 5.74) is 3.25. The predicted octanol–water partition coefficient (Wildman–Crippen LogP) is 1.33. The van der Waals surface area contributed by atoms with E-state index < -0.39 is 0 Å². The topological polar surface area (TPSA) is 75.6 Å². The minimum absolute atomic E-state index is 0.0260. The number of amides is 1. The SMILES string of the molecule is Cc1nn(C)c(C)c1CCC(=O)Nc1ccn[nH]1. The number of nitrogens with one attached hydrogen (secondary N) is 2. The van der Waals surface area contributed by atoms with E-state index in [1.807, 2.05) is 25.6 Å². The van der Waals surface area contributed by atoms with E-state index in [0.29, 0.717) is 18.7 Å². The summed E-state index contributed by atoms with van der Waals surface area (Å²) in [5, 5.41) is 13.6. The fraction of sp³-hybridized carbons (Fsp3) is 0.417. The van der Waals surface area contributed by atoms with Crippen LogP contribution in [0.4, 0.5) is 5.82 Å². The maximum absolute atomic E-state index is 11.7. The number of anilines is 1. The second-order valence-corrected chi connectivity index (χ2v) is 4.29. The molecule has 1 amide bonds. The van der Waals surface area contributed by atoms with E-state index >= 15 is 0 Å². The van der Waals surface area contributed by atoms with Crippen molar-refractivity contribution in [1.29, 1.82) is 0 Å². The van der Waals surface area contributed by atoms with Gasteiger partial charge in [0.25, 0.3) is 0 Å². The van der Waals surface area contributed by atoms with Gasteiger partial charge >= 0.3 is 0 Å². The number of H-pyrrole nitrogens is 1. The second kappa shape index (κ2) is 5.03. The summed E-state index contributed by atoms with van der Waals surface area (Å²) in [6.07, 6.45) is 2.74. The Kier molecular flexibility index (Phi) is 3.45. The minimum atomic E-state index is -0.0260. The second-order valence-electron chi connectivity index (χ2n) is 4.29.